The van der Waals surface area contributed by atoms with Gasteiger partial charge >= 0.3 is 6.18 Å². The van der Waals surface area contributed by atoms with Gasteiger partial charge in [-0.25, -0.2) is 17.8 Å². The molecule has 0 bridgehead atoms. The predicted molar refractivity (Wildman–Crippen MR) is 122 cm³/mol. The van der Waals surface area contributed by atoms with Gasteiger partial charge in [0.15, 0.2) is 0 Å². The molecule has 0 radical (unpaired) electrons. The summed E-state index contributed by atoms with van der Waals surface area (Å²) in [7, 11) is -3.77. The number of pyridine rings is 1. The number of alkyl halides is 3. The molecule has 0 spiro atoms. The predicted octanol–water partition coefficient (Wildman–Crippen LogP) is 3.71. The molecule has 3 aromatic rings. The van der Waals surface area contributed by atoms with E-state index in [9.17, 15) is 30.8 Å². The van der Waals surface area contributed by atoms with E-state index in [0.29, 0.717) is 0 Å². The van der Waals surface area contributed by atoms with Crippen molar-refractivity contribution in [1.29, 1.82) is 0 Å². The summed E-state index contributed by atoms with van der Waals surface area (Å²) in [5.41, 5.74) is -0.996. The van der Waals surface area contributed by atoms with Gasteiger partial charge in [0.1, 0.15) is 17.3 Å². The Morgan fingerprint density at radius 2 is 1.91 bits per heavy atom. The number of rotatable bonds is 7. The Kier molecular flexibility index (Phi) is 7.31. The quantitative estimate of drug-likeness (QED) is 0.290. The van der Waals surface area contributed by atoms with Crippen LogP contribution in [0.25, 0.3) is 11.9 Å². The zero-order valence-corrected chi connectivity index (χ0v) is 18.9. The topological polar surface area (TPSA) is 93.1 Å². The van der Waals surface area contributed by atoms with E-state index in [2.05, 4.69) is 16.2 Å². The fraction of sp³-hybridized carbons (Fsp3) is 0.130. The van der Waals surface area contributed by atoms with E-state index in [1.54, 1.807) is 12.1 Å². The van der Waals surface area contributed by atoms with Gasteiger partial charge in [0.2, 0.25) is 15.9 Å². The summed E-state index contributed by atoms with van der Waals surface area (Å²) >= 11 is 0. The number of benzene rings is 1. The Bertz CT molecular complexity index is 1420. The van der Waals surface area contributed by atoms with Crippen molar-refractivity contribution < 1.29 is 30.8 Å². The third-order valence-electron chi connectivity index (χ3n) is 4.52. The van der Waals surface area contributed by atoms with Crippen LogP contribution in [0.4, 0.5) is 23.2 Å². The van der Waals surface area contributed by atoms with Crippen molar-refractivity contribution in [1.82, 2.24) is 14.9 Å². The minimum Gasteiger partial charge on any atom is -0.348 e. The maximum absolute atomic E-state index is 14.4. The molecule has 35 heavy (non-hydrogen) atoms. The summed E-state index contributed by atoms with van der Waals surface area (Å²) < 4.78 is 79.8. The Hall–Kier alpha value is -4.11. The summed E-state index contributed by atoms with van der Waals surface area (Å²) in [6.07, 6.45) is 6.96. The van der Waals surface area contributed by atoms with Gasteiger partial charge in [-0.2, -0.15) is 13.2 Å². The van der Waals surface area contributed by atoms with Gasteiger partial charge in [-0.15, -0.1) is 6.42 Å². The molecule has 2 N–H and O–H groups in total. The van der Waals surface area contributed by atoms with E-state index in [1.807, 2.05) is 4.72 Å². The number of hydrogen-bond acceptors (Lipinski definition) is 4. The molecule has 1 amide bonds. The highest BCUT2D eigenvalue weighted by molar-refractivity contribution is 7.92. The van der Waals surface area contributed by atoms with Crippen molar-refractivity contribution in [3.63, 3.8) is 0 Å². The van der Waals surface area contributed by atoms with Crippen LogP contribution in [0, 0.1) is 18.2 Å². The second-order valence-corrected chi connectivity index (χ2v) is 9.02. The van der Waals surface area contributed by atoms with Crippen molar-refractivity contribution in [3.05, 3.63) is 83.1 Å². The molecule has 0 aliphatic rings. The Morgan fingerprint density at radius 3 is 2.51 bits per heavy atom. The third-order valence-corrected chi connectivity index (χ3v) is 5.09. The summed E-state index contributed by atoms with van der Waals surface area (Å²) in [5, 5.41) is 2.50. The van der Waals surface area contributed by atoms with Crippen molar-refractivity contribution in [3.8, 4) is 18.2 Å². The zero-order chi connectivity index (χ0) is 25.8. The maximum atomic E-state index is 14.4. The average Bonchev–Trinajstić information content (AvgIpc) is 3.31. The second-order valence-electron chi connectivity index (χ2n) is 7.27. The summed E-state index contributed by atoms with van der Waals surface area (Å²) in [6, 6.07) is 7.58. The highest BCUT2D eigenvalue weighted by atomic mass is 32.2. The smallest absolute Gasteiger partial charge is 0.348 e. The maximum Gasteiger partial charge on any atom is 0.433 e. The summed E-state index contributed by atoms with van der Waals surface area (Å²) in [5.74, 6) is 0.621. The van der Waals surface area contributed by atoms with Crippen molar-refractivity contribution in [2.45, 2.75) is 12.7 Å². The molecular formula is C23H18F4N4O3S. The number of carbonyl (C=O) groups excluding carboxylic acids is 1. The first-order chi connectivity index (χ1) is 16.4. The monoisotopic (exact) mass is 506 g/mol. The number of carbonyl (C=O) groups is 1. The van der Waals surface area contributed by atoms with Crippen molar-refractivity contribution in [2.24, 2.45) is 0 Å². The number of anilines is 1. The first kappa shape index (κ1) is 25.5. The number of hydrogen-bond donors (Lipinski definition) is 2. The van der Waals surface area contributed by atoms with E-state index in [-0.39, 0.29) is 34.7 Å². The molecule has 2 aromatic heterocycles. The molecule has 182 valence electrons. The molecule has 2 heterocycles. The molecule has 0 aliphatic heterocycles. The van der Waals surface area contributed by atoms with E-state index in [4.69, 9.17) is 6.42 Å². The van der Waals surface area contributed by atoms with Crippen LogP contribution in [0.3, 0.4) is 0 Å². The average molecular weight is 506 g/mol. The van der Waals surface area contributed by atoms with Crippen molar-refractivity contribution in [2.75, 3.05) is 11.0 Å². The van der Waals surface area contributed by atoms with Crippen LogP contribution in [0.2, 0.25) is 0 Å². The van der Waals surface area contributed by atoms with Crippen LogP contribution in [0.15, 0.2) is 54.9 Å². The number of nitrogens with zero attached hydrogens (tertiary/aromatic N) is 2. The number of sulfonamides is 1. The molecule has 0 fully saturated rings. The Labute approximate surface area is 198 Å². The van der Waals surface area contributed by atoms with E-state index in [1.165, 1.54) is 35.2 Å². The normalized spacial score (nSPS) is 11.9. The lowest BCUT2D eigenvalue weighted by Crippen LogP contribution is -2.21. The van der Waals surface area contributed by atoms with Crippen LogP contribution >= 0.6 is 0 Å². The molecular weight excluding hydrogens is 488 g/mol. The fourth-order valence-corrected chi connectivity index (χ4v) is 3.59. The minimum atomic E-state index is -4.64. The first-order valence-corrected chi connectivity index (χ1v) is 11.7. The van der Waals surface area contributed by atoms with Crippen LogP contribution < -0.4 is 10.0 Å². The molecule has 3 rings (SSSR count). The number of amides is 1. The highest BCUT2D eigenvalue weighted by Crippen LogP contribution is 2.29. The first-order valence-electron chi connectivity index (χ1n) is 9.81. The van der Waals surface area contributed by atoms with E-state index >= 15 is 0 Å². The molecule has 12 heteroatoms. The molecule has 0 unspecified atom stereocenters. The highest BCUT2D eigenvalue weighted by Gasteiger charge is 2.33. The van der Waals surface area contributed by atoms with Gasteiger partial charge in [0, 0.05) is 30.6 Å². The lowest BCUT2D eigenvalue weighted by molar-refractivity contribution is -0.141. The van der Waals surface area contributed by atoms with Crippen LogP contribution in [0.5, 0.6) is 0 Å². The molecule has 0 atom stereocenters. The van der Waals surface area contributed by atoms with Gasteiger partial charge < -0.3 is 9.88 Å². The summed E-state index contributed by atoms with van der Waals surface area (Å²) in [6.45, 7) is -0.149. The fourth-order valence-electron chi connectivity index (χ4n) is 3.01. The lowest BCUT2D eigenvalue weighted by Gasteiger charge is -2.12. The SMILES string of the molecule is C#Cc1cc(CNC(=O)C=Cc2ccc(C(F)(F)F)nc2-n2cccc2)cc(F)c1NS(C)(=O)=O. The molecule has 1 aromatic carbocycles. The Balaban J connectivity index is 1.77. The van der Waals surface area contributed by atoms with Gasteiger partial charge in [-0.05, 0) is 48.0 Å². The number of nitrogens with one attached hydrogen (secondary N) is 2. The van der Waals surface area contributed by atoms with Crippen molar-refractivity contribution >= 4 is 27.7 Å². The molecule has 0 saturated heterocycles. The standard InChI is InChI=1S/C23H18F4N4O3S/c1-3-16-12-15(13-18(24)21(16)30-35(2,33)34)14-28-20(32)9-7-17-6-8-19(23(25,26)27)29-22(17)31-10-4-5-11-31/h1,4-13,30H,14H2,2H3,(H,28,32). The second kappa shape index (κ2) is 10.0. The van der Waals surface area contributed by atoms with E-state index < -0.39 is 33.6 Å². The molecule has 0 saturated carbocycles. The lowest BCUT2D eigenvalue weighted by atomic mass is 10.1. The van der Waals surface area contributed by atoms with Crippen LogP contribution in [0.1, 0.15) is 22.4 Å². The third kappa shape index (κ3) is 6.70. The summed E-state index contributed by atoms with van der Waals surface area (Å²) in [4.78, 5) is 15.9. The van der Waals surface area contributed by atoms with E-state index in [0.717, 1.165) is 24.5 Å². The van der Waals surface area contributed by atoms with Crippen LogP contribution in [-0.4, -0.2) is 30.1 Å². The Morgan fingerprint density at radius 1 is 1.23 bits per heavy atom. The number of halogens is 4. The molecule has 0 aliphatic carbocycles. The van der Waals surface area contributed by atoms with Gasteiger partial charge in [-0.1, -0.05) is 5.92 Å². The molecule has 7 nitrogen and oxygen atoms in total. The minimum absolute atomic E-state index is 0.0245. The largest absolute Gasteiger partial charge is 0.433 e. The van der Waals surface area contributed by atoms with Crippen LogP contribution in [-0.2, 0) is 27.5 Å². The zero-order valence-electron chi connectivity index (χ0n) is 18.1. The number of terminal acetylenes is 1. The van der Waals surface area contributed by atoms with Gasteiger partial charge in [-0.3, -0.25) is 9.52 Å². The van der Waals surface area contributed by atoms with Gasteiger partial charge in [0.05, 0.1) is 17.5 Å². The van der Waals surface area contributed by atoms with Gasteiger partial charge in [0.25, 0.3) is 0 Å². The number of aromatic nitrogens is 2.